The molecule has 1 fully saturated rings. The number of ether oxygens (including phenoxy) is 2. The summed E-state index contributed by atoms with van der Waals surface area (Å²) in [5, 5.41) is 18.0. The molecular formula is C17H21N3O5. The van der Waals surface area contributed by atoms with Gasteiger partial charge in [0.1, 0.15) is 0 Å². The standard InChI is InChI=1S/C17H21N3O5/c1-2-25-14(21)12-18-19-15(16(22)13-6-4-3-5-7-13)17(23)20-8-10-24-11-9-20/h3-7,22H,2,8-12H2,1H3/b16-15+,19-18?. The summed E-state index contributed by atoms with van der Waals surface area (Å²) in [5.41, 5.74) is 0.228. The fourth-order valence-corrected chi connectivity index (χ4v) is 2.21. The third kappa shape index (κ3) is 5.39. The smallest absolute Gasteiger partial charge is 0.329 e. The Bertz CT molecular complexity index is 652. The number of carbonyl (C=O) groups is 2. The second kappa shape index (κ2) is 9.53. The SMILES string of the molecule is CCOC(=O)CN=N/C(C(=O)N1CCOCC1)=C(/O)c1ccccc1. The predicted octanol–water partition coefficient (Wildman–Crippen LogP) is 1.79. The van der Waals surface area contributed by atoms with Gasteiger partial charge in [0.15, 0.2) is 18.0 Å². The van der Waals surface area contributed by atoms with Crippen LogP contribution in [0.15, 0.2) is 46.3 Å². The van der Waals surface area contributed by atoms with Crippen LogP contribution in [0, 0.1) is 0 Å². The lowest BCUT2D eigenvalue weighted by molar-refractivity contribution is -0.141. The lowest BCUT2D eigenvalue weighted by Gasteiger charge is -2.26. The van der Waals surface area contributed by atoms with Crippen molar-refractivity contribution in [2.24, 2.45) is 10.2 Å². The van der Waals surface area contributed by atoms with E-state index in [9.17, 15) is 14.7 Å². The van der Waals surface area contributed by atoms with E-state index >= 15 is 0 Å². The molecule has 0 radical (unpaired) electrons. The van der Waals surface area contributed by atoms with Crippen LogP contribution < -0.4 is 0 Å². The van der Waals surface area contributed by atoms with Gasteiger partial charge in [-0.05, 0) is 6.92 Å². The molecule has 1 aromatic rings. The highest BCUT2D eigenvalue weighted by molar-refractivity contribution is 5.99. The quantitative estimate of drug-likeness (QED) is 0.366. The highest BCUT2D eigenvalue weighted by Gasteiger charge is 2.24. The van der Waals surface area contributed by atoms with Gasteiger partial charge in [0.2, 0.25) is 0 Å². The molecule has 8 heteroatoms. The topological polar surface area (TPSA) is 101 Å². The summed E-state index contributed by atoms with van der Waals surface area (Å²) >= 11 is 0. The first-order chi connectivity index (χ1) is 12.1. The van der Waals surface area contributed by atoms with E-state index in [1.54, 1.807) is 37.3 Å². The normalized spacial score (nSPS) is 15.8. The van der Waals surface area contributed by atoms with Crippen molar-refractivity contribution < 1.29 is 24.2 Å². The number of esters is 1. The minimum Gasteiger partial charge on any atom is -0.505 e. The van der Waals surface area contributed by atoms with Crippen LogP contribution in [0.3, 0.4) is 0 Å². The summed E-state index contributed by atoms with van der Waals surface area (Å²) in [6.07, 6.45) is 0. The van der Waals surface area contributed by atoms with Crippen LogP contribution in [0.2, 0.25) is 0 Å². The molecule has 25 heavy (non-hydrogen) atoms. The summed E-state index contributed by atoms with van der Waals surface area (Å²) in [4.78, 5) is 25.6. The molecular weight excluding hydrogens is 326 g/mol. The van der Waals surface area contributed by atoms with Crippen molar-refractivity contribution in [2.45, 2.75) is 6.92 Å². The number of rotatable bonds is 6. The molecule has 1 aromatic carbocycles. The van der Waals surface area contributed by atoms with Crippen LogP contribution in [0.1, 0.15) is 12.5 Å². The van der Waals surface area contributed by atoms with E-state index < -0.39 is 11.9 Å². The Morgan fingerprint density at radius 2 is 1.92 bits per heavy atom. The Labute approximate surface area is 145 Å². The molecule has 2 rings (SSSR count). The van der Waals surface area contributed by atoms with Crippen LogP contribution in [0.5, 0.6) is 0 Å². The van der Waals surface area contributed by atoms with Gasteiger partial charge in [-0.1, -0.05) is 30.3 Å². The highest BCUT2D eigenvalue weighted by atomic mass is 16.5. The summed E-state index contributed by atoms with van der Waals surface area (Å²) in [5.74, 6) is -1.30. The predicted molar refractivity (Wildman–Crippen MR) is 89.7 cm³/mol. The molecule has 0 bridgehead atoms. The molecule has 0 aromatic heterocycles. The molecule has 1 amide bonds. The van der Waals surface area contributed by atoms with Gasteiger partial charge in [0.05, 0.1) is 19.8 Å². The number of morpholine rings is 1. The van der Waals surface area contributed by atoms with Crippen LogP contribution in [0.25, 0.3) is 5.76 Å². The van der Waals surface area contributed by atoms with Gasteiger partial charge < -0.3 is 19.5 Å². The molecule has 8 nitrogen and oxygen atoms in total. The van der Waals surface area contributed by atoms with Crippen LogP contribution in [-0.2, 0) is 19.1 Å². The molecule has 0 spiro atoms. The zero-order valence-electron chi connectivity index (χ0n) is 14.1. The number of aliphatic hydroxyl groups excluding tert-OH is 1. The largest absolute Gasteiger partial charge is 0.505 e. The van der Waals surface area contributed by atoms with Gasteiger partial charge in [-0.25, -0.2) is 4.79 Å². The van der Waals surface area contributed by atoms with Gasteiger partial charge in [0.25, 0.3) is 5.91 Å². The van der Waals surface area contributed by atoms with E-state index in [4.69, 9.17) is 9.47 Å². The first kappa shape index (κ1) is 18.6. The lowest BCUT2D eigenvalue weighted by atomic mass is 10.1. The molecule has 134 valence electrons. The molecule has 1 N–H and O–H groups in total. The third-order valence-corrected chi connectivity index (χ3v) is 3.45. The first-order valence-corrected chi connectivity index (χ1v) is 8.02. The van der Waals surface area contributed by atoms with E-state index in [0.717, 1.165) is 0 Å². The summed E-state index contributed by atoms with van der Waals surface area (Å²) in [6, 6.07) is 8.57. The summed E-state index contributed by atoms with van der Waals surface area (Å²) in [6.45, 7) is 3.24. The number of amides is 1. The van der Waals surface area contributed by atoms with Crippen LogP contribution >= 0.6 is 0 Å². The van der Waals surface area contributed by atoms with Gasteiger partial charge in [-0.2, -0.15) is 5.11 Å². The maximum absolute atomic E-state index is 12.7. The average molecular weight is 347 g/mol. The second-order valence-electron chi connectivity index (χ2n) is 5.17. The number of aliphatic hydroxyl groups is 1. The number of benzene rings is 1. The average Bonchev–Trinajstić information content (AvgIpc) is 2.66. The number of hydrogen-bond acceptors (Lipinski definition) is 7. The van der Waals surface area contributed by atoms with E-state index in [1.807, 2.05) is 0 Å². The Balaban J connectivity index is 2.26. The van der Waals surface area contributed by atoms with Crippen molar-refractivity contribution >= 4 is 17.6 Å². The van der Waals surface area contributed by atoms with E-state index in [2.05, 4.69) is 10.2 Å². The van der Waals surface area contributed by atoms with E-state index in [1.165, 1.54) is 4.90 Å². The number of azo groups is 1. The van der Waals surface area contributed by atoms with Gasteiger partial charge in [-0.3, -0.25) is 4.79 Å². The van der Waals surface area contributed by atoms with Crippen molar-refractivity contribution in [2.75, 3.05) is 39.5 Å². The van der Waals surface area contributed by atoms with E-state index in [-0.39, 0.29) is 24.6 Å². The molecule has 0 saturated carbocycles. The Morgan fingerprint density at radius 3 is 2.56 bits per heavy atom. The minimum atomic E-state index is -0.552. The van der Waals surface area contributed by atoms with Crippen molar-refractivity contribution in [1.29, 1.82) is 0 Å². The summed E-state index contributed by atoms with van der Waals surface area (Å²) < 4.78 is 9.99. The molecule has 1 aliphatic heterocycles. The molecule has 1 saturated heterocycles. The number of carbonyl (C=O) groups excluding carboxylic acids is 2. The van der Waals surface area contributed by atoms with Crippen LogP contribution in [0.4, 0.5) is 0 Å². The summed E-state index contributed by atoms with van der Waals surface area (Å²) in [7, 11) is 0. The van der Waals surface area contributed by atoms with Crippen molar-refractivity contribution in [3.63, 3.8) is 0 Å². The maximum Gasteiger partial charge on any atom is 0.329 e. The van der Waals surface area contributed by atoms with Crippen molar-refractivity contribution in [3.05, 3.63) is 41.6 Å². The fraction of sp³-hybridized carbons (Fsp3) is 0.412. The molecule has 0 atom stereocenters. The zero-order chi connectivity index (χ0) is 18.1. The number of hydrogen-bond donors (Lipinski definition) is 1. The first-order valence-electron chi connectivity index (χ1n) is 8.02. The number of nitrogens with zero attached hydrogens (tertiary/aromatic N) is 3. The van der Waals surface area contributed by atoms with Gasteiger partial charge in [-0.15, -0.1) is 5.11 Å². The highest BCUT2D eigenvalue weighted by Crippen LogP contribution is 2.19. The van der Waals surface area contributed by atoms with E-state index in [0.29, 0.717) is 31.9 Å². The fourth-order valence-electron chi connectivity index (χ4n) is 2.21. The Kier molecular flexibility index (Phi) is 7.09. The molecule has 0 aliphatic carbocycles. The second-order valence-corrected chi connectivity index (χ2v) is 5.17. The minimum absolute atomic E-state index is 0.211. The molecule has 1 aliphatic rings. The van der Waals surface area contributed by atoms with Gasteiger partial charge >= 0.3 is 5.97 Å². The lowest BCUT2D eigenvalue weighted by Crippen LogP contribution is -2.41. The third-order valence-electron chi connectivity index (χ3n) is 3.45. The molecule has 1 heterocycles. The Hall–Kier alpha value is -2.74. The van der Waals surface area contributed by atoms with Crippen LogP contribution in [-0.4, -0.2) is 61.3 Å². The molecule has 0 unspecified atom stereocenters. The van der Waals surface area contributed by atoms with Gasteiger partial charge in [0, 0.05) is 18.7 Å². The van der Waals surface area contributed by atoms with Crippen molar-refractivity contribution in [3.8, 4) is 0 Å². The zero-order valence-corrected chi connectivity index (χ0v) is 14.1. The maximum atomic E-state index is 12.7. The van der Waals surface area contributed by atoms with Crippen molar-refractivity contribution in [1.82, 2.24) is 4.90 Å². The monoisotopic (exact) mass is 347 g/mol. The Morgan fingerprint density at radius 1 is 1.24 bits per heavy atom.